The van der Waals surface area contributed by atoms with Crippen LogP contribution >= 0.6 is 0 Å². The Morgan fingerprint density at radius 3 is 2.85 bits per heavy atom. The highest BCUT2D eigenvalue weighted by Crippen LogP contribution is 2.20. The van der Waals surface area contributed by atoms with Crippen LogP contribution in [0.3, 0.4) is 0 Å². The van der Waals surface area contributed by atoms with E-state index >= 15 is 0 Å². The summed E-state index contributed by atoms with van der Waals surface area (Å²) in [7, 11) is 3.48. The summed E-state index contributed by atoms with van der Waals surface area (Å²) in [4.78, 5) is 12.9. The van der Waals surface area contributed by atoms with Crippen LogP contribution < -0.4 is 0 Å². The summed E-state index contributed by atoms with van der Waals surface area (Å²) in [5.74, 6) is -0.705. The van der Waals surface area contributed by atoms with Crippen molar-refractivity contribution in [2.45, 2.75) is 18.9 Å². The number of carbonyl (C=O) groups is 1. The third-order valence-corrected chi connectivity index (χ3v) is 2.59. The van der Waals surface area contributed by atoms with Crippen LogP contribution in [0.25, 0.3) is 0 Å². The first-order valence-corrected chi connectivity index (χ1v) is 4.59. The standard InChI is InChI=1S/C9H17NO3/c1-10-5-3-4-7(6-10)8(13-2)9(11)12/h7-8H,3-6H2,1-2H3,(H,11,12). The summed E-state index contributed by atoms with van der Waals surface area (Å²) in [5, 5.41) is 8.87. The fourth-order valence-corrected chi connectivity index (χ4v) is 1.95. The number of hydrogen-bond acceptors (Lipinski definition) is 3. The first-order valence-electron chi connectivity index (χ1n) is 4.59. The van der Waals surface area contributed by atoms with Gasteiger partial charge < -0.3 is 14.7 Å². The van der Waals surface area contributed by atoms with Gasteiger partial charge in [-0.05, 0) is 26.4 Å². The van der Waals surface area contributed by atoms with Gasteiger partial charge in [-0.15, -0.1) is 0 Å². The lowest BCUT2D eigenvalue weighted by molar-refractivity contribution is -0.153. The number of carboxylic acids is 1. The van der Waals surface area contributed by atoms with Crippen molar-refractivity contribution in [3.05, 3.63) is 0 Å². The van der Waals surface area contributed by atoms with Crippen LogP contribution in [0.1, 0.15) is 12.8 Å². The summed E-state index contributed by atoms with van der Waals surface area (Å²) < 4.78 is 4.97. The predicted octanol–water partition coefficient (Wildman–Crippen LogP) is 0.428. The van der Waals surface area contributed by atoms with Crippen LogP contribution in [0.4, 0.5) is 0 Å². The summed E-state index contributed by atoms with van der Waals surface area (Å²) in [6.45, 7) is 1.89. The zero-order valence-electron chi connectivity index (χ0n) is 8.19. The van der Waals surface area contributed by atoms with Crippen molar-refractivity contribution in [1.29, 1.82) is 0 Å². The molecule has 1 rings (SSSR count). The number of ether oxygens (including phenoxy) is 1. The molecule has 0 aromatic rings. The van der Waals surface area contributed by atoms with E-state index in [1.165, 1.54) is 7.11 Å². The topological polar surface area (TPSA) is 49.8 Å². The Balaban J connectivity index is 2.52. The van der Waals surface area contributed by atoms with Gasteiger partial charge in [0.1, 0.15) is 0 Å². The lowest BCUT2D eigenvalue weighted by atomic mass is 9.93. The zero-order chi connectivity index (χ0) is 9.84. The number of likely N-dealkylation sites (tertiary alicyclic amines) is 1. The molecule has 0 aromatic heterocycles. The molecule has 2 atom stereocenters. The van der Waals surface area contributed by atoms with Gasteiger partial charge in [-0.3, -0.25) is 0 Å². The Bertz CT molecular complexity index is 184. The minimum atomic E-state index is -0.845. The number of hydrogen-bond donors (Lipinski definition) is 1. The van der Waals surface area contributed by atoms with Gasteiger partial charge in [0, 0.05) is 19.6 Å². The van der Waals surface area contributed by atoms with Crippen molar-refractivity contribution in [2.24, 2.45) is 5.92 Å². The third-order valence-electron chi connectivity index (χ3n) is 2.59. The SMILES string of the molecule is COC(C(=O)O)C1CCCN(C)C1. The Morgan fingerprint density at radius 2 is 2.38 bits per heavy atom. The lowest BCUT2D eigenvalue weighted by Crippen LogP contribution is -2.42. The number of aliphatic carboxylic acids is 1. The van der Waals surface area contributed by atoms with Crippen molar-refractivity contribution in [3.8, 4) is 0 Å². The molecule has 1 fully saturated rings. The predicted molar refractivity (Wildman–Crippen MR) is 48.7 cm³/mol. The Morgan fingerprint density at radius 1 is 1.69 bits per heavy atom. The largest absolute Gasteiger partial charge is 0.479 e. The Labute approximate surface area is 78.5 Å². The molecule has 0 spiro atoms. The van der Waals surface area contributed by atoms with E-state index in [0.717, 1.165) is 25.9 Å². The molecule has 0 amide bonds. The smallest absolute Gasteiger partial charge is 0.333 e. The van der Waals surface area contributed by atoms with Crippen molar-refractivity contribution >= 4 is 5.97 Å². The molecule has 4 heteroatoms. The molecular formula is C9H17NO3. The van der Waals surface area contributed by atoms with Gasteiger partial charge >= 0.3 is 5.97 Å². The first kappa shape index (κ1) is 10.5. The maximum atomic E-state index is 10.8. The molecule has 1 heterocycles. The van der Waals surface area contributed by atoms with E-state index in [1.54, 1.807) is 0 Å². The molecule has 1 N–H and O–H groups in total. The van der Waals surface area contributed by atoms with Crippen LogP contribution in [0.15, 0.2) is 0 Å². The number of carboxylic acid groups (broad SMARTS) is 1. The first-order chi connectivity index (χ1) is 6.15. The molecule has 76 valence electrons. The molecule has 1 aliphatic rings. The molecule has 0 bridgehead atoms. The van der Waals surface area contributed by atoms with E-state index in [4.69, 9.17) is 9.84 Å². The van der Waals surface area contributed by atoms with E-state index in [0.29, 0.717) is 0 Å². The second kappa shape index (κ2) is 4.58. The van der Waals surface area contributed by atoms with Gasteiger partial charge in [0.05, 0.1) is 0 Å². The molecule has 4 nitrogen and oxygen atoms in total. The highest BCUT2D eigenvalue weighted by molar-refractivity contribution is 5.72. The minimum Gasteiger partial charge on any atom is -0.479 e. The van der Waals surface area contributed by atoms with Crippen molar-refractivity contribution in [1.82, 2.24) is 4.90 Å². The van der Waals surface area contributed by atoms with Crippen LogP contribution in [-0.2, 0) is 9.53 Å². The highest BCUT2D eigenvalue weighted by Gasteiger charge is 2.30. The monoisotopic (exact) mass is 187 g/mol. The van der Waals surface area contributed by atoms with Gasteiger partial charge in [-0.1, -0.05) is 0 Å². The summed E-state index contributed by atoms with van der Waals surface area (Å²) in [5.41, 5.74) is 0. The van der Waals surface area contributed by atoms with Crippen LogP contribution in [0, 0.1) is 5.92 Å². The molecule has 1 saturated heterocycles. The van der Waals surface area contributed by atoms with Crippen LogP contribution in [-0.4, -0.2) is 49.3 Å². The quantitative estimate of drug-likeness (QED) is 0.696. The molecule has 0 saturated carbocycles. The summed E-state index contributed by atoms with van der Waals surface area (Å²) >= 11 is 0. The normalized spacial score (nSPS) is 27.1. The fraction of sp³-hybridized carbons (Fsp3) is 0.889. The van der Waals surface area contributed by atoms with Crippen LogP contribution in [0.5, 0.6) is 0 Å². The van der Waals surface area contributed by atoms with E-state index < -0.39 is 12.1 Å². The average Bonchev–Trinajstić information content (AvgIpc) is 2.04. The summed E-state index contributed by atoms with van der Waals surface area (Å²) in [6, 6.07) is 0. The van der Waals surface area contributed by atoms with Crippen molar-refractivity contribution in [3.63, 3.8) is 0 Å². The number of piperidine rings is 1. The van der Waals surface area contributed by atoms with E-state index in [9.17, 15) is 4.79 Å². The van der Waals surface area contributed by atoms with Gasteiger partial charge in [0.15, 0.2) is 6.10 Å². The molecule has 2 unspecified atom stereocenters. The molecule has 1 aliphatic heterocycles. The maximum absolute atomic E-state index is 10.8. The van der Waals surface area contributed by atoms with Gasteiger partial charge in [0.2, 0.25) is 0 Å². The van der Waals surface area contributed by atoms with E-state index in [-0.39, 0.29) is 5.92 Å². The molecular weight excluding hydrogens is 170 g/mol. The van der Waals surface area contributed by atoms with Crippen molar-refractivity contribution in [2.75, 3.05) is 27.2 Å². The second-order valence-corrected chi connectivity index (χ2v) is 3.66. The third kappa shape index (κ3) is 2.67. The number of methoxy groups -OCH3 is 1. The molecule has 0 radical (unpaired) electrons. The number of nitrogens with zero attached hydrogens (tertiary/aromatic N) is 1. The van der Waals surface area contributed by atoms with Gasteiger partial charge in [-0.2, -0.15) is 0 Å². The average molecular weight is 187 g/mol. The van der Waals surface area contributed by atoms with Crippen molar-refractivity contribution < 1.29 is 14.6 Å². The highest BCUT2D eigenvalue weighted by atomic mass is 16.5. The maximum Gasteiger partial charge on any atom is 0.333 e. The van der Waals surface area contributed by atoms with E-state index in [1.807, 2.05) is 7.05 Å². The van der Waals surface area contributed by atoms with Crippen LogP contribution in [0.2, 0.25) is 0 Å². The zero-order valence-corrected chi connectivity index (χ0v) is 8.19. The lowest BCUT2D eigenvalue weighted by Gasteiger charge is -2.32. The summed E-state index contributed by atoms with van der Waals surface area (Å²) in [6.07, 6.45) is 1.38. The molecule has 0 aliphatic carbocycles. The minimum absolute atomic E-state index is 0.140. The Kier molecular flexibility index (Phi) is 3.69. The van der Waals surface area contributed by atoms with E-state index in [2.05, 4.69) is 4.90 Å². The molecule has 13 heavy (non-hydrogen) atoms. The van der Waals surface area contributed by atoms with Gasteiger partial charge in [0.25, 0.3) is 0 Å². The van der Waals surface area contributed by atoms with Gasteiger partial charge in [-0.25, -0.2) is 4.79 Å². The molecule has 0 aromatic carbocycles. The number of rotatable bonds is 3. The second-order valence-electron chi connectivity index (χ2n) is 3.66. The fourth-order valence-electron chi connectivity index (χ4n) is 1.95. The Hall–Kier alpha value is -0.610.